The lowest BCUT2D eigenvalue weighted by atomic mass is 10.2. The Balaban J connectivity index is 1.33. The number of anilines is 2. The monoisotopic (exact) mass is 372 g/mol. The smallest absolute Gasteiger partial charge is 0.323 e. The fourth-order valence-corrected chi connectivity index (χ4v) is 4.59. The largest absolute Gasteiger partial charge is 0.338 e. The highest BCUT2D eigenvalue weighted by molar-refractivity contribution is 5.88. The van der Waals surface area contributed by atoms with Gasteiger partial charge in [0.2, 0.25) is 5.95 Å². The molecule has 1 saturated carbocycles. The Hall–Kier alpha value is -1.89. The first-order chi connectivity index (χ1) is 13.3. The minimum Gasteiger partial charge on any atom is -0.338 e. The zero-order chi connectivity index (χ0) is 18.5. The van der Waals surface area contributed by atoms with Gasteiger partial charge in [-0.15, -0.1) is 0 Å². The summed E-state index contributed by atoms with van der Waals surface area (Å²) < 4.78 is 0. The lowest BCUT2D eigenvalue weighted by molar-refractivity contribution is 0.187. The summed E-state index contributed by atoms with van der Waals surface area (Å²) in [5.41, 5.74) is 0. The van der Waals surface area contributed by atoms with Crippen LogP contribution in [0.4, 0.5) is 16.6 Å². The molecular formula is C20H32N6O. The van der Waals surface area contributed by atoms with Gasteiger partial charge in [-0.05, 0) is 31.7 Å². The van der Waals surface area contributed by atoms with E-state index in [1.807, 2.05) is 4.90 Å². The summed E-state index contributed by atoms with van der Waals surface area (Å²) in [6, 6.07) is 2.54. The van der Waals surface area contributed by atoms with Crippen molar-refractivity contribution in [3.63, 3.8) is 0 Å². The van der Waals surface area contributed by atoms with Crippen molar-refractivity contribution in [2.24, 2.45) is 0 Å². The van der Waals surface area contributed by atoms with E-state index < -0.39 is 0 Å². The molecule has 3 aliphatic rings. The van der Waals surface area contributed by atoms with Crippen molar-refractivity contribution >= 4 is 17.8 Å². The van der Waals surface area contributed by atoms with Crippen molar-refractivity contribution < 1.29 is 4.79 Å². The second-order valence-electron chi connectivity index (χ2n) is 8.03. The maximum atomic E-state index is 12.5. The number of rotatable bonds is 3. The summed E-state index contributed by atoms with van der Waals surface area (Å²) in [5.74, 6) is 1.34. The van der Waals surface area contributed by atoms with Crippen molar-refractivity contribution in [2.75, 3.05) is 49.5 Å². The molecule has 0 atom stereocenters. The van der Waals surface area contributed by atoms with Crippen LogP contribution in [-0.4, -0.2) is 71.1 Å². The van der Waals surface area contributed by atoms with Crippen LogP contribution >= 0.6 is 0 Å². The predicted molar refractivity (Wildman–Crippen MR) is 107 cm³/mol. The molecule has 3 heterocycles. The Bertz CT molecular complexity index is 617. The summed E-state index contributed by atoms with van der Waals surface area (Å²) in [6.45, 7) is 5.76. The van der Waals surface area contributed by atoms with Crippen LogP contribution in [0.2, 0.25) is 0 Å². The van der Waals surface area contributed by atoms with Gasteiger partial charge in [-0.1, -0.05) is 25.7 Å². The van der Waals surface area contributed by atoms with Gasteiger partial charge in [-0.25, -0.2) is 9.78 Å². The second kappa shape index (κ2) is 8.87. The zero-order valence-corrected chi connectivity index (χ0v) is 16.3. The number of hydrogen-bond acceptors (Lipinski definition) is 5. The van der Waals surface area contributed by atoms with Crippen LogP contribution in [0.5, 0.6) is 0 Å². The minimum absolute atomic E-state index is 0.0346. The number of carbonyl (C=O) groups excluding carboxylic acids is 1. The van der Waals surface area contributed by atoms with E-state index in [-0.39, 0.29) is 6.03 Å². The van der Waals surface area contributed by atoms with Crippen LogP contribution in [0.1, 0.15) is 51.4 Å². The van der Waals surface area contributed by atoms with Gasteiger partial charge in [0, 0.05) is 51.5 Å². The van der Waals surface area contributed by atoms with E-state index in [9.17, 15) is 4.79 Å². The lowest BCUT2D eigenvalue weighted by Crippen LogP contribution is -2.50. The molecule has 2 amide bonds. The number of hydrogen-bond donors (Lipinski definition) is 1. The van der Waals surface area contributed by atoms with Crippen LogP contribution in [0, 0.1) is 0 Å². The first-order valence-electron chi connectivity index (χ1n) is 10.7. The number of aromatic nitrogens is 2. The Labute approximate surface area is 162 Å². The molecule has 7 heteroatoms. The number of carbonyl (C=O) groups is 1. The zero-order valence-electron chi connectivity index (χ0n) is 16.3. The van der Waals surface area contributed by atoms with Gasteiger partial charge in [0.1, 0.15) is 5.82 Å². The molecule has 1 aliphatic carbocycles. The lowest BCUT2D eigenvalue weighted by Gasteiger charge is -2.38. The van der Waals surface area contributed by atoms with Crippen LogP contribution in [-0.2, 0) is 0 Å². The van der Waals surface area contributed by atoms with Crippen molar-refractivity contribution in [3.8, 4) is 0 Å². The molecule has 3 fully saturated rings. The topological polar surface area (TPSA) is 64.6 Å². The molecule has 27 heavy (non-hydrogen) atoms. The van der Waals surface area contributed by atoms with Crippen LogP contribution in [0.15, 0.2) is 12.3 Å². The fourth-order valence-electron chi connectivity index (χ4n) is 4.59. The van der Waals surface area contributed by atoms with Gasteiger partial charge in [0.25, 0.3) is 0 Å². The molecule has 7 nitrogen and oxygen atoms in total. The van der Waals surface area contributed by atoms with Gasteiger partial charge >= 0.3 is 6.03 Å². The quantitative estimate of drug-likeness (QED) is 0.884. The number of piperazine rings is 1. The maximum Gasteiger partial charge on any atom is 0.323 e. The molecular weight excluding hydrogens is 340 g/mol. The maximum absolute atomic E-state index is 12.5. The molecule has 4 rings (SSSR count). The fraction of sp³-hybridized carbons (Fsp3) is 0.750. The van der Waals surface area contributed by atoms with E-state index in [1.165, 1.54) is 38.5 Å². The first kappa shape index (κ1) is 18.5. The van der Waals surface area contributed by atoms with E-state index in [0.29, 0.717) is 5.82 Å². The normalized spacial score (nSPS) is 22.7. The molecule has 2 aliphatic heterocycles. The van der Waals surface area contributed by atoms with Crippen molar-refractivity contribution in [1.29, 1.82) is 0 Å². The molecule has 148 valence electrons. The average Bonchev–Trinajstić information content (AvgIpc) is 3.10. The highest BCUT2D eigenvalue weighted by atomic mass is 16.2. The molecule has 1 aromatic rings. The second-order valence-corrected chi connectivity index (χ2v) is 8.03. The molecule has 0 unspecified atom stereocenters. The highest BCUT2D eigenvalue weighted by Crippen LogP contribution is 2.25. The Morgan fingerprint density at radius 1 is 0.926 bits per heavy atom. The van der Waals surface area contributed by atoms with Gasteiger partial charge < -0.3 is 9.80 Å². The van der Waals surface area contributed by atoms with E-state index >= 15 is 0 Å². The SMILES string of the molecule is O=C(Nc1ccnc(N2CCN(C3CCCC3)CC2)n1)N1CCCCCC1. The van der Waals surface area contributed by atoms with Crippen molar-refractivity contribution in [1.82, 2.24) is 19.8 Å². The summed E-state index contributed by atoms with van der Waals surface area (Å²) in [4.78, 5) is 28.4. The molecule has 0 bridgehead atoms. The third-order valence-corrected chi connectivity index (χ3v) is 6.21. The Morgan fingerprint density at radius 2 is 1.63 bits per heavy atom. The van der Waals surface area contributed by atoms with E-state index in [0.717, 1.165) is 64.1 Å². The van der Waals surface area contributed by atoms with E-state index in [1.54, 1.807) is 12.3 Å². The number of urea groups is 1. The van der Waals surface area contributed by atoms with Gasteiger partial charge in [-0.3, -0.25) is 10.2 Å². The Morgan fingerprint density at radius 3 is 2.33 bits per heavy atom. The van der Waals surface area contributed by atoms with Crippen molar-refractivity contribution in [2.45, 2.75) is 57.4 Å². The van der Waals surface area contributed by atoms with Crippen LogP contribution in [0.3, 0.4) is 0 Å². The summed E-state index contributed by atoms with van der Waals surface area (Å²) >= 11 is 0. The van der Waals surface area contributed by atoms with Crippen molar-refractivity contribution in [3.05, 3.63) is 12.3 Å². The summed E-state index contributed by atoms with van der Waals surface area (Å²) in [6.07, 6.45) is 11.8. The molecule has 2 saturated heterocycles. The predicted octanol–water partition coefficient (Wildman–Crippen LogP) is 2.95. The summed E-state index contributed by atoms with van der Waals surface area (Å²) in [5, 5.41) is 2.97. The number of nitrogens with zero attached hydrogens (tertiary/aromatic N) is 5. The van der Waals surface area contributed by atoms with E-state index in [2.05, 4.69) is 25.1 Å². The minimum atomic E-state index is -0.0346. The van der Waals surface area contributed by atoms with Crippen LogP contribution < -0.4 is 10.2 Å². The molecule has 0 aromatic carbocycles. The van der Waals surface area contributed by atoms with Gasteiger partial charge in [0.15, 0.2) is 0 Å². The van der Waals surface area contributed by atoms with E-state index in [4.69, 9.17) is 0 Å². The number of nitrogens with one attached hydrogen (secondary N) is 1. The third-order valence-electron chi connectivity index (χ3n) is 6.21. The average molecular weight is 373 g/mol. The van der Waals surface area contributed by atoms with Crippen LogP contribution in [0.25, 0.3) is 0 Å². The number of amides is 2. The first-order valence-corrected chi connectivity index (χ1v) is 10.7. The Kier molecular flexibility index (Phi) is 6.07. The molecule has 0 spiro atoms. The van der Waals surface area contributed by atoms with Gasteiger partial charge in [0.05, 0.1) is 0 Å². The molecule has 1 N–H and O–H groups in total. The molecule has 1 aromatic heterocycles. The molecule has 0 radical (unpaired) electrons. The number of likely N-dealkylation sites (tertiary alicyclic amines) is 1. The third kappa shape index (κ3) is 4.69. The summed E-state index contributed by atoms with van der Waals surface area (Å²) in [7, 11) is 0. The van der Waals surface area contributed by atoms with Gasteiger partial charge in [-0.2, -0.15) is 4.98 Å². The highest BCUT2D eigenvalue weighted by Gasteiger charge is 2.27. The standard InChI is InChI=1S/C20H32N6O/c27-20(26-11-5-1-2-6-12-26)23-18-9-10-21-19(22-18)25-15-13-24(14-16-25)17-7-3-4-8-17/h9-10,17H,1-8,11-16H2,(H,21,22,23,27).